The van der Waals surface area contributed by atoms with E-state index in [1.54, 1.807) is 7.11 Å². The first-order valence-corrected chi connectivity index (χ1v) is 7.06. The Morgan fingerprint density at radius 2 is 2.00 bits per heavy atom. The average molecular weight is 273 g/mol. The molecule has 0 radical (unpaired) electrons. The van der Waals surface area contributed by atoms with Crippen LogP contribution in [0, 0.1) is 0 Å². The number of H-pyrrole nitrogens is 1. The molecular weight excluding hydrogens is 250 g/mol. The van der Waals surface area contributed by atoms with Gasteiger partial charge in [-0.25, -0.2) is 4.98 Å². The summed E-state index contributed by atoms with van der Waals surface area (Å²) in [6.07, 6.45) is 0. The molecule has 0 unspecified atom stereocenters. The minimum atomic E-state index is 0.422. The third-order valence-electron chi connectivity index (χ3n) is 3.18. The van der Waals surface area contributed by atoms with Crippen molar-refractivity contribution in [3.63, 3.8) is 0 Å². The highest BCUT2D eigenvalue weighted by Crippen LogP contribution is 2.26. The second-order valence-corrected chi connectivity index (χ2v) is 5.14. The Balaban J connectivity index is 2.16. The standard InChI is InChI=1S/C16H23N3O/c1-12(2)15-16(13-7-5-4-6-8-13)19-14(18-15)11-17-9-10-20-3/h4-8,12,17H,9-11H2,1-3H3,(H,18,19). The van der Waals surface area contributed by atoms with Gasteiger partial charge in [0.1, 0.15) is 5.82 Å². The molecule has 0 saturated carbocycles. The van der Waals surface area contributed by atoms with Crippen LogP contribution in [0.25, 0.3) is 11.3 Å². The Morgan fingerprint density at radius 3 is 2.65 bits per heavy atom. The molecule has 0 bridgehead atoms. The van der Waals surface area contributed by atoms with Gasteiger partial charge in [-0.3, -0.25) is 0 Å². The fourth-order valence-electron chi connectivity index (χ4n) is 2.14. The van der Waals surface area contributed by atoms with Crippen LogP contribution in [0.15, 0.2) is 30.3 Å². The van der Waals surface area contributed by atoms with Crippen molar-refractivity contribution in [2.75, 3.05) is 20.3 Å². The van der Waals surface area contributed by atoms with Crippen LogP contribution in [0.5, 0.6) is 0 Å². The highest BCUT2D eigenvalue weighted by molar-refractivity contribution is 5.62. The summed E-state index contributed by atoms with van der Waals surface area (Å²) in [6.45, 7) is 6.64. The van der Waals surface area contributed by atoms with Crippen molar-refractivity contribution in [2.24, 2.45) is 0 Å². The van der Waals surface area contributed by atoms with Crippen LogP contribution in [0.4, 0.5) is 0 Å². The van der Waals surface area contributed by atoms with Crippen molar-refractivity contribution in [1.29, 1.82) is 0 Å². The first-order valence-electron chi connectivity index (χ1n) is 7.06. The monoisotopic (exact) mass is 273 g/mol. The summed E-state index contributed by atoms with van der Waals surface area (Å²) in [7, 11) is 1.71. The first kappa shape index (κ1) is 14.8. The lowest BCUT2D eigenvalue weighted by atomic mass is 10.0. The van der Waals surface area contributed by atoms with E-state index in [4.69, 9.17) is 9.72 Å². The van der Waals surface area contributed by atoms with E-state index < -0.39 is 0 Å². The number of aromatic nitrogens is 2. The van der Waals surface area contributed by atoms with Crippen LogP contribution in [0.3, 0.4) is 0 Å². The normalized spacial score (nSPS) is 11.2. The molecule has 0 saturated heterocycles. The molecule has 108 valence electrons. The van der Waals surface area contributed by atoms with Crippen molar-refractivity contribution in [2.45, 2.75) is 26.3 Å². The summed E-state index contributed by atoms with van der Waals surface area (Å²) in [4.78, 5) is 8.18. The lowest BCUT2D eigenvalue weighted by Gasteiger charge is -2.05. The fourth-order valence-corrected chi connectivity index (χ4v) is 2.14. The summed E-state index contributed by atoms with van der Waals surface area (Å²) >= 11 is 0. The molecule has 1 aromatic carbocycles. The number of nitrogens with zero attached hydrogens (tertiary/aromatic N) is 1. The van der Waals surface area contributed by atoms with E-state index in [1.165, 1.54) is 5.69 Å². The average Bonchev–Trinajstić information content (AvgIpc) is 2.89. The molecule has 4 heteroatoms. The topological polar surface area (TPSA) is 49.9 Å². The van der Waals surface area contributed by atoms with Crippen molar-refractivity contribution in [3.05, 3.63) is 41.9 Å². The number of hydrogen-bond donors (Lipinski definition) is 2. The molecule has 0 atom stereocenters. The largest absolute Gasteiger partial charge is 0.383 e. The summed E-state index contributed by atoms with van der Waals surface area (Å²) < 4.78 is 5.02. The Bertz CT molecular complexity index is 520. The molecule has 4 nitrogen and oxygen atoms in total. The lowest BCUT2D eigenvalue weighted by Crippen LogP contribution is -2.19. The number of imidazole rings is 1. The molecule has 20 heavy (non-hydrogen) atoms. The molecule has 1 aromatic heterocycles. The van der Waals surface area contributed by atoms with Crippen LogP contribution in [-0.4, -0.2) is 30.2 Å². The number of aromatic amines is 1. The number of nitrogens with one attached hydrogen (secondary N) is 2. The first-order chi connectivity index (χ1) is 9.72. The molecule has 0 fully saturated rings. The molecule has 2 N–H and O–H groups in total. The minimum absolute atomic E-state index is 0.422. The van der Waals surface area contributed by atoms with E-state index in [9.17, 15) is 0 Å². The Hall–Kier alpha value is -1.65. The number of rotatable bonds is 7. The maximum Gasteiger partial charge on any atom is 0.121 e. The predicted molar refractivity (Wildman–Crippen MR) is 81.7 cm³/mol. The minimum Gasteiger partial charge on any atom is -0.383 e. The molecular formula is C16H23N3O. The zero-order valence-corrected chi connectivity index (χ0v) is 12.4. The highest BCUT2D eigenvalue weighted by atomic mass is 16.5. The van der Waals surface area contributed by atoms with Crippen LogP contribution in [-0.2, 0) is 11.3 Å². The fraction of sp³-hybridized carbons (Fsp3) is 0.438. The Kier molecular flexibility index (Phi) is 5.32. The van der Waals surface area contributed by atoms with Crippen LogP contribution in [0.2, 0.25) is 0 Å². The van der Waals surface area contributed by atoms with Gasteiger partial charge in [-0.15, -0.1) is 0 Å². The third-order valence-corrected chi connectivity index (χ3v) is 3.18. The van der Waals surface area contributed by atoms with Gasteiger partial charge in [0.05, 0.1) is 18.8 Å². The van der Waals surface area contributed by atoms with E-state index in [2.05, 4.69) is 36.3 Å². The van der Waals surface area contributed by atoms with Gasteiger partial charge >= 0.3 is 0 Å². The second kappa shape index (κ2) is 7.22. The highest BCUT2D eigenvalue weighted by Gasteiger charge is 2.14. The van der Waals surface area contributed by atoms with Gasteiger partial charge in [-0.2, -0.15) is 0 Å². The smallest absolute Gasteiger partial charge is 0.121 e. The van der Waals surface area contributed by atoms with Crippen LogP contribution < -0.4 is 5.32 Å². The van der Waals surface area contributed by atoms with Gasteiger partial charge in [-0.05, 0) is 5.92 Å². The van der Waals surface area contributed by atoms with Gasteiger partial charge < -0.3 is 15.0 Å². The Morgan fingerprint density at radius 1 is 1.25 bits per heavy atom. The molecule has 0 spiro atoms. The summed E-state index contributed by atoms with van der Waals surface area (Å²) in [5, 5.41) is 3.31. The van der Waals surface area contributed by atoms with Gasteiger partial charge in [0.15, 0.2) is 0 Å². The van der Waals surface area contributed by atoms with Gasteiger partial charge in [-0.1, -0.05) is 44.2 Å². The van der Waals surface area contributed by atoms with E-state index in [-0.39, 0.29) is 0 Å². The molecule has 0 aliphatic carbocycles. The number of benzene rings is 1. The third kappa shape index (κ3) is 3.68. The number of ether oxygens (including phenoxy) is 1. The summed E-state index contributed by atoms with van der Waals surface area (Å²) in [5.74, 6) is 1.40. The molecule has 2 rings (SSSR count). The zero-order chi connectivity index (χ0) is 14.4. The maximum absolute atomic E-state index is 5.02. The SMILES string of the molecule is COCCNCc1nc(-c2ccccc2)c(C(C)C)[nH]1. The van der Waals surface area contributed by atoms with E-state index in [1.807, 2.05) is 18.2 Å². The molecule has 0 aliphatic rings. The Labute approximate surface area is 120 Å². The van der Waals surface area contributed by atoms with Crippen molar-refractivity contribution in [3.8, 4) is 11.3 Å². The lowest BCUT2D eigenvalue weighted by molar-refractivity contribution is 0.199. The predicted octanol–water partition coefficient (Wildman–Crippen LogP) is 2.94. The molecule has 0 aliphatic heterocycles. The second-order valence-electron chi connectivity index (χ2n) is 5.14. The van der Waals surface area contributed by atoms with Crippen molar-refractivity contribution < 1.29 is 4.74 Å². The van der Waals surface area contributed by atoms with E-state index >= 15 is 0 Å². The van der Waals surface area contributed by atoms with Crippen LogP contribution >= 0.6 is 0 Å². The number of methoxy groups -OCH3 is 1. The van der Waals surface area contributed by atoms with Gasteiger partial charge in [0.25, 0.3) is 0 Å². The molecule has 1 heterocycles. The van der Waals surface area contributed by atoms with Crippen molar-refractivity contribution in [1.82, 2.24) is 15.3 Å². The van der Waals surface area contributed by atoms with Crippen LogP contribution in [0.1, 0.15) is 31.3 Å². The van der Waals surface area contributed by atoms with Gasteiger partial charge in [0, 0.05) is 24.9 Å². The summed E-state index contributed by atoms with van der Waals surface area (Å²) in [6, 6.07) is 10.3. The molecule has 2 aromatic rings. The summed E-state index contributed by atoms with van der Waals surface area (Å²) in [5.41, 5.74) is 3.42. The van der Waals surface area contributed by atoms with E-state index in [0.717, 1.165) is 30.2 Å². The molecule has 0 amide bonds. The zero-order valence-electron chi connectivity index (χ0n) is 12.4. The maximum atomic E-state index is 5.02. The van der Waals surface area contributed by atoms with Crippen molar-refractivity contribution >= 4 is 0 Å². The van der Waals surface area contributed by atoms with E-state index in [0.29, 0.717) is 12.5 Å². The number of hydrogen-bond acceptors (Lipinski definition) is 3. The van der Waals surface area contributed by atoms with Gasteiger partial charge in [0.2, 0.25) is 0 Å². The quantitative estimate of drug-likeness (QED) is 0.763.